The normalized spacial score (nSPS) is 12.5. The summed E-state index contributed by atoms with van der Waals surface area (Å²) in [5.74, 6) is 0.280. The summed E-state index contributed by atoms with van der Waals surface area (Å²) >= 11 is 3.33. The molecule has 20 heavy (non-hydrogen) atoms. The highest BCUT2D eigenvalue weighted by Crippen LogP contribution is 2.30. The van der Waals surface area contributed by atoms with E-state index in [0.29, 0.717) is 21.3 Å². The predicted octanol–water partition coefficient (Wildman–Crippen LogP) is 3.82. The highest BCUT2D eigenvalue weighted by Gasteiger charge is 2.17. The maximum Gasteiger partial charge on any atom is 0.138 e. The van der Waals surface area contributed by atoms with Gasteiger partial charge in [0.1, 0.15) is 11.6 Å². The van der Waals surface area contributed by atoms with Crippen LogP contribution in [-0.2, 0) is 0 Å². The fourth-order valence-corrected chi connectivity index (χ4v) is 2.51. The molecule has 0 saturated heterocycles. The van der Waals surface area contributed by atoms with Crippen LogP contribution in [0.4, 0.5) is 4.39 Å². The van der Waals surface area contributed by atoms with Gasteiger partial charge in [-0.25, -0.2) is 4.39 Å². The molecule has 0 saturated carbocycles. The summed E-state index contributed by atoms with van der Waals surface area (Å²) < 4.78 is 20.2. The third kappa shape index (κ3) is 3.35. The van der Waals surface area contributed by atoms with Crippen LogP contribution in [0.25, 0.3) is 0 Å². The predicted molar refractivity (Wildman–Crippen MR) is 80.1 cm³/mol. The molecular formula is C15H16BrFN2O. The number of ether oxygens (including phenoxy) is 1. The number of hydrogen-bond acceptors (Lipinski definition) is 3. The molecule has 3 nitrogen and oxygen atoms in total. The van der Waals surface area contributed by atoms with Crippen molar-refractivity contribution >= 4 is 15.9 Å². The van der Waals surface area contributed by atoms with Gasteiger partial charge in [0.25, 0.3) is 0 Å². The van der Waals surface area contributed by atoms with Crippen molar-refractivity contribution in [2.75, 3.05) is 0 Å². The monoisotopic (exact) mass is 338 g/mol. The maximum atomic E-state index is 13.9. The minimum Gasteiger partial charge on any atom is -0.489 e. The van der Waals surface area contributed by atoms with E-state index in [0.717, 1.165) is 0 Å². The lowest BCUT2D eigenvalue weighted by atomic mass is 10.0. The number of hydrogen-bond donors (Lipinski definition) is 1. The highest BCUT2D eigenvalue weighted by atomic mass is 79.9. The van der Waals surface area contributed by atoms with E-state index in [1.165, 1.54) is 6.07 Å². The number of nitrogens with two attached hydrogens (primary N) is 1. The Morgan fingerprint density at radius 3 is 2.70 bits per heavy atom. The summed E-state index contributed by atoms with van der Waals surface area (Å²) in [6.07, 6.45) is 3.28. The lowest BCUT2D eigenvalue weighted by molar-refractivity contribution is 0.241. The number of nitrogens with zero attached hydrogens (tertiary/aromatic N) is 1. The van der Waals surface area contributed by atoms with Crippen LogP contribution in [0.1, 0.15) is 31.0 Å². The van der Waals surface area contributed by atoms with Gasteiger partial charge in [-0.05, 0) is 37.6 Å². The molecule has 0 aliphatic carbocycles. The second-order valence-electron chi connectivity index (χ2n) is 4.73. The number of benzene rings is 1. The standard InChI is InChI=1S/C15H16BrFN2O/c1-9(2)20-11-6-10(7-19-8-11)15(18)14-12(16)4-3-5-13(14)17/h3-9,15H,18H2,1-2H3. The topological polar surface area (TPSA) is 48.1 Å². The fourth-order valence-electron chi connectivity index (χ4n) is 1.92. The van der Waals surface area contributed by atoms with Gasteiger partial charge in [-0.2, -0.15) is 0 Å². The van der Waals surface area contributed by atoms with E-state index in [2.05, 4.69) is 20.9 Å². The average molecular weight is 339 g/mol. The van der Waals surface area contributed by atoms with Crippen molar-refractivity contribution in [2.45, 2.75) is 26.0 Å². The van der Waals surface area contributed by atoms with Gasteiger partial charge in [-0.1, -0.05) is 22.0 Å². The summed E-state index contributed by atoms with van der Waals surface area (Å²) in [6.45, 7) is 3.86. The largest absolute Gasteiger partial charge is 0.489 e. The first-order chi connectivity index (χ1) is 9.49. The van der Waals surface area contributed by atoms with Gasteiger partial charge in [-0.3, -0.25) is 4.98 Å². The molecule has 2 rings (SSSR count). The molecule has 2 aromatic rings. The molecule has 0 amide bonds. The first kappa shape index (κ1) is 14.9. The zero-order chi connectivity index (χ0) is 14.7. The van der Waals surface area contributed by atoms with E-state index in [1.54, 1.807) is 30.6 Å². The maximum absolute atomic E-state index is 13.9. The summed E-state index contributed by atoms with van der Waals surface area (Å²) in [4.78, 5) is 4.10. The van der Waals surface area contributed by atoms with E-state index in [9.17, 15) is 4.39 Å². The molecule has 0 bridgehead atoms. The average Bonchev–Trinajstić information content (AvgIpc) is 2.38. The number of aromatic nitrogens is 1. The lowest BCUT2D eigenvalue weighted by Crippen LogP contribution is -2.15. The Hall–Kier alpha value is -1.46. The summed E-state index contributed by atoms with van der Waals surface area (Å²) in [5, 5.41) is 0. The van der Waals surface area contributed by atoms with Crippen molar-refractivity contribution in [1.29, 1.82) is 0 Å². The zero-order valence-corrected chi connectivity index (χ0v) is 12.9. The van der Waals surface area contributed by atoms with Crippen LogP contribution >= 0.6 is 15.9 Å². The Labute approximate surface area is 126 Å². The SMILES string of the molecule is CC(C)Oc1cncc(C(N)c2c(F)cccc2Br)c1. The van der Waals surface area contributed by atoms with Crippen LogP contribution in [0.2, 0.25) is 0 Å². The first-order valence-corrected chi connectivity index (χ1v) is 7.09. The third-order valence-corrected chi connectivity index (χ3v) is 3.47. The number of pyridine rings is 1. The van der Waals surface area contributed by atoms with Crippen LogP contribution in [-0.4, -0.2) is 11.1 Å². The van der Waals surface area contributed by atoms with Crippen molar-refractivity contribution in [3.05, 3.63) is 58.1 Å². The second-order valence-corrected chi connectivity index (χ2v) is 5.59. The number of rotatable bonds is 4. The Balaban J connectivity index is 2.36. The van der Waals surface area contributed by atoms with Crippen LogP contribution in [0.3, 0.4) is 0 Å². The van der Waals surface area contributed by atoms with Crippen LogP contribution in [0.5, 0.6) is 5.75 Å². The molecular weight excluding hydrogens is 323 g/mol. The molecule has 1 atom stereocenters. The Kier molecular flexibility index (Phi) is 4.73. The van der Waals surface area contributed by atoms with Crippen molar-refractivity contribution < 1.29 is 9.13 Å². The molecule has 1 unspecified atom stereocenters. The van der Waals surface area contributed by atoms with Gasteiger partial charge in [0, 0.05) is 16.2 Å². The zero-order valence-electron chi connectivity index (χ0n) is 11.3. The van der Waals surface area contributed by atoms with E-state index in [4.69, 9.17) is 10.5 Å². The van der Waals surface area contributed by atoms with E-state index >= 15 is 0 Å². The molecule has 1 aromatic heterocycles. The van der Waals surface area contributed by atoms with Crippen molar-refractivity contribution in [2.24, 2.45) is 5.73 Å². The molecule has 0 aliphatic heterocycles. The van der Waals surface area contributed by atoms with Crippen molar-refractivity contribution in [3.8, 4) is 5.75 Å². The quantitative estimate of drug-likeness (QED) is 0.921. The Morgan fingerprint density at radius 1 is 1.30 bits per heavy atom. The van der Waals surface area contributed by atoms with Crippen molar-refractivity contribution in [3.63, 3.8) is 0 Å². The van der Waals surface area contributed by atoms with Gasteiger partial charge in [-0.15, -0.1) is 0 Å². The van der Waals surface area contributed by atoms with Crippen LogP contribution in [0, 0.1) is 5.82 Å². The summed E-state index contributed by atoms with van der Waals surface area (Å²) in [5.41, 5.74) is 7.27. The summed E-state index contributed by atoms with van der Waals surface area (Å²) in [7, 11) is 0. The molecule has 0 fully saturated rings. The van der Waals surface area contributed by atoms with Gasteiger partial charge in [0.2, 0.25) is 0 Å². The molecule has 0 aliphatic rings. The van der Waals surface area contributed by atoms with Crippen LogP contribution < -0.4 is 10.5 Å². The van der Waals surface area contributed by atoms with Gasteiger partial charge >= 0.3 is 0 Å². The molecule has 5 heteroatoms. The van der Waals surface area contributed by atoms with Crippen molar-refractivity contribution in [1.82, 2.24) is 4.98 Å². The smallest absolute Gasteiger partial charge is 0.138 e. The molecule has 1 heterocycles. The Bertz CT molecular complexity index is 584. The van der Waals surface area contributed by atoms with E-state index < -0.39 is 6.04 Å². The molecule has 0 spiro atoms. The van der Waals surface area contributed by atoms with Gasteiger partial charge in [0.05, 0.1) is 18.3 Å². The Morgan fingerprint density at radius 2 is 2.05 bits per heavy atom. The third-order valence-electron chi connectivity index (χ3n) is 2.78. The first-order valence-electron chi connectivity index (χ1n) is 6.30. The summed E-state index contributed by atoms with van der Waals surface area (Å²) in [6, 6.07) is 5.97. The minimum absolute atomic E-state index is 0.0449. The van der Waals surface area contributed by atoms with Crippen LogP contribution in [0.15, 0.2) is 41.1 Å². The van der Waals surface area contributed by atoms with E-state index in [-0.39, 0.29) is 11.9 Å². The molecule has 106 valence electrons. The fraction of sp³-hybridized carbons (Fsp3) is 0.267. The molecule has 1 aromatic carbocycles. The highest BCUT2D eigenvalue weighted by molar-refractivity contribution is 9.10. The minimum atomic E-state index is -0.603. The molecule has 2 N–H and O–H groups in total. The van der Waals surface area contributed by atoms with Gasteiger partial charge in [0.15, 0.2) is 0 Å². The lowest BCUT2D eigenvalue weighted by Gasteiger charge is -2.16. The molecule has 0 radical (unpaired) electrons. The van der Waals surface area contributed by atoms with Gasteiger partial charge < -0.3 is 10.5 Å². The second kappa shape index (κ2) is 6.33. The van der Waals surface area contributed by atoms with E-state index in [1.807, 2.05) is 13.8 Å². The number of halogens is 2.